The van der Waals surface area contributed by atoms with Gasteiger partial charge in [-0.25, -0.2) is 9.97 Å². The molecule has 1 aromatic heterocycles. The molecule has 94 valence electrons. The standard InChI is InChI=1S/C12H11ClN2O3/c1-2-18-10-5-9-8(12(13)15-6-14-9)3-7(10)4-11(16)17/h3,5-6H,2,4H2,1H3,(H,16,17). The highest BCUT2D eigenvalue weighted by atomic mass is 35.5. The number of carboxylic acids is 1. The summed E-state index contributed by atoms with van der Waals surface area (Å²) in [5, 5.41) is 9.81. The first-order valence-electron chi connectivity index (χ1n) is 5.39. The van der Waals surface area contributed by atoms with Gasteiger partial charge >= 0.3 is 5.97 Å². The molecule has 0 spiro atoms. The van der Waals surface area contributed by atoms with Crippen LogP contribution in [0.3, 0.4) is 0 Å². The van der Waals surface area contributed by atoms with E-state index in [4.69, 9.17) is 21.4 Å². The number of aliphatic carboxylic acids is 1. The number of rotatable bonds is 4. The van der Waals surface area contributed by atoms with Crippen LogP contribution >= 0.6 is 11.6 Å². The molecule has 0 saturated carbocycles. The summed E-state index contributed by atoms with van der Waals surface area (Å²) in [6.07, 6.45) is 1.23. The van der Waals surface area contributed by atoms with Crippen molar-refractivity contribution in [2.24, 2.45) is 0 Å². The van der Waals surface area contributed by atoms with Crippen LogP contribution in [0.5, 0.6) is 5.75 Å². The Morgan fingerprint density at radius 2 is 2.22 bits per heavy atom. The van der Waals surface area contributed by atoms with Crippen molar-refractivity contribution in [2.75, 3.05) is 6.61 Å². The van der Waals surface area contributed by atoms with E-state index in [1.165, 1.54) is 6.33 Å². The highest BCUT2D eigenvalue weighted by Crippen LogP contribution is 2.28. The molecule has 0 atom stereocenters. The minimum atomic E-state index is -0.928. The Morgan fingerprint density at radius 1 is 1.44 bits per heavy atom. The number of carboxylic acid groups (broad SMARTS) is 1. The second-order valence-corrected chi connectivity index (χ2v) is 4.00. The Hall–Kier alpha value is -1.88. The maximum Gasteiger partial charge on any atom is 0.307 e. The second-order valence-electron chi connectivity index (χ2n) is 3.65. The van der Waals surface area contributed by atoms with Crippen LogP contribution in [0.2, 0.25) is 5.15 Å². The number of aromatic nitrogens is 2. The van der Waals surface area contributed by atoms with Crippen LogP contribution < -0.4 is 4.74 Å². The molecular formula is C12H11ClN2O3. The van der Waals surface area contributed by atoms with Crippen molar-refractivity contribution in [3.63, 3.8) is 0 Å². The fourth-order valence-electron chi connectivity index (χ4n) is 1.69. The molecule has 0 aliphatic rings. The number of fused-ring (bicyclic) bond motifs is 1. The molecule has 1 aromatic carbocycles. The van der Waals surface area contributed by atoms with Gasteiger partial charge in [-0.2, -0.15) is 0 Å². The fraction of sp³-hybridized carbons (Fsp3) is 0.250. The van der Waals surface area contributed by atoms with E-state index in [0.717, 1.165) is 0 Å². The lowest BCUT2D eigenvalue weighted by Crippen LogP contribution is -2.04. The minimum Gasteiger partial charge on any atom is -0.493 e. The van der Waals surface area contributed by atoms with Crippen molar-refractivity contribution >= 4 is 28.5 Å². The molecule has 2 rings (SSSR count). The van der Waals surface area contributed by atoms with E-state index in [1.54, 1.807) is 12.1 Å². The van der Waals surface area contributed by atoms with Crippen molar-refractivity contribution < 1.29 is 14.6 Å². The lowest BCUT2D eigenvalue weighted by molar-refractivity contribution is -0.136. The topological polar surface area (TPSA) is 72.3 Å². The van der Waals surface area contributed by atoms with Gasteiger partial charge in [0.05, 0.1) is 18.5 Å². The maximum absolute atomic E-state index is 10.8. The summed E-state index contributed by atoms with van der Waals surface area (Å²) < 4.78 is 5.42. The largest absolute Gasteiger partial charge is 0.493 e. The number of benzene rings is 1. The maximum atomic E-state index is 10.8. The van der Waals surface area contributed by atoms with Crippen LogP contribution in [0.15, 0.2) is 18.5 Å². The van der Waals surface area contributed by atoms with Crippen LogP contribution in [0.4, 0.5) is 0 Å². The zero-order valence-corrected chi connectivity index (χ0v) is 10.4. The highest BCUT2D eigenvalue weighted by molar-refractivity contribution is 6.34. The third-order valence-corrected chi connectivity index (χ3v) is 2.71. The summed E-state index contributed by atoms with van der Waals surface area (Å²) in [6.45, 7) is 2.29. The molecule has 5 nitrogen and oxygen atoms in total. The highest BCUT2D eigenvalue weighted by Gasteiger charge is 2.12. The first-order chi connectivity index (χ1) is 8.61. The van der Waals surface area contributed by atoms with Crippen LogP contribution in [0.1, 0.15) is 12.5 Å². The Balaban J connectivity index is 2.60. The van der Waals surface area contributed by atoms with Crippen molar-refractivity contribution in [3.05, 3.63) is 29.2 Å². The van der Waals surface area contributed by atoms with Gasteiger partial charge in [-0.3, -0.25) is 4.79 Å². The zero-order valence-electron chi connectivity index (χ0n) is 9.68. The first-order valence-corrected chi connectivity index (χ1v) is 5.77. The van der Waals surface area contributed by atoms with Crippen LogP contribution in [0, 0.1) is 0 Å². The molecule has 18 heavy (non-hydrogen) atoms. The quantitative estimate of drug-likeness (QED) is 0.860. The summed E-state index contributed by atoms with van der Waals surface area (Å²) in [7, 11) is 0. The Kier molecular flexibility index (Phi) is 3.62. The van der Waals surface area contributed by atoms with Crippen molar-refractivity contribution in [1.29, 1.82) is 0 Å². The number of carbonyl (C=O) groups is 1. The van der Waals surface area contributed by atoms with Crippen molar-refractivity contribution in [2.45, 2.75) is 13.3 Å². The molecule has 0 amide bonds. The summed E-state index contributed by atoms with van der Waals surface area (Å²) in [6, 6.07) is 3.35. The molecule has 0 unspecified atom stereocenters. The Labute approximate surface area is 108 Å². The molecule has 0 aliphatic carbocycles. The first kappa shape index (κ1) is 12.6. The third-order valence-electron chi connectivity index (χ3n) is 2.41. The average molecular weight is 267 g/mol. The summed E-state index contributed by atoms with van der Waals surface area (Å²) >= 11 is 5.96. The van der Waals surface area contributed by atoms with Gasteiger partial charge in [-0.1, -0.05) is 11.6 Å². The van der Waals surface area contributed by atoms with Crippen LogP contribution in [0.25, 0.3) is 10.9 Å². The van der Waals surface area contributed by atoms with Gasteiger partial charge in [0.15, 0.2) is 0 Å². The van der Waals surface area contributed by atoms with Gasteiger partial charge < -0.3 is 9.84 Å². The minimum absolute atomic E-state index is 0.128. The molecule has 6 heteroatoms. The van der Waals surface area contributed by atoms with Gasteiger partial charge in [0.25, 0.3) is 0 Å². The van der Waals surface area contributed by atoms with Gasteiger partial charge in [-0.05, 0) is 13.0 Å². The SMILES string of the molecule is CCOc1cc2ncnc(Cl)c2cc1CC(=O)O. The van der Waals surface area contributed by atoms with E-state index in [1.807, 2.05) is 6.92 Å². The number of ether oxygens (including phenoxy) is 1. The van der Waals surface area contributed by atoms with Gasteiger partial charge in [0.2, 0.25) is 0 Å². The van der Waals surface area contributed by atoms with Crippen molar-refractivity contribution in [1.82, 2.24) is 9.97 Å². The van der Waals surface area contributed by atoms with E-state index < -0.39 is 5.97 Å². The summed E-state index contributed by atoms with van der Waals surface area (Å²) in [4.78, 5) is 18.8. The molecule has 0 saturated heterocycles. The van der Waals surface area contributed by atoms with E-state index in [-0.39, 0.29) is 6.42 Å². The van der Waals surface area contributed by atoms with E-state index >= 15 is 0 Å². The van der Waals surface area contributed by atoms with E-state index in [2.05, 4.69) is 9.97 Å². The van der Waals surface area contributed by atoms with E-state index in [0.29, 0.717) is 34.0 Å². The average Bonchev–Trinajstić information content (AvgIpc) is 2.31. The normalized spacial score (nSPS) is 10.6. The summed E-state index contributed by atoms with van der Waals surface area (Å²) in [5.41, 5.74) is 1.20. The third kappa shape index (κ3) is 2.51. The fourth-order valence-corrected chi connectivity index (χ4v) is 1.88. The molecule has 2 aromatic rings. The molecule has 0 aliphatic heterocycles. The number of hydrogen-bond donors (Lipinski definition) is 1. The molecule has 0 radical (unpaired) electrons. The number of hydrogen-bond acceptors (Lipinski definition) is 4. The van der Waals surface area contributed by atoms with Crippen LogP contribution in [-0.4, -0.2) is 27.7 Å². The molecular weight excluding hydrogens is 256 g/mol. The predicted molar refractivity (Wildman–Crippen MR) is 67.1 cm³/mol. The number of nitrogens with zero attached hydrogens (tertiary/aromatic N) is 2. The van der Waals surface area contributed by atoms with Crippen molar-refractivity contribution in [3.8, 4) is 5.75 Å². The van der Waals surface area contributed by atoms with Gasteiger partial charge in [-0.15, -0.1) is 0 Å². The zero-order chi connectivity index (χ0) is 13.1. The summed E-state index contributed by atoms with van der Waals surface area (Å²) in [5.74, 6) is -0.412. The molecule has 1 heterocycles. The molecule has 0 fully saturated rings. The monoisotopic (exact) mass is 266 g/mol. The Bertz CT molecular complexity index is 601. The smallest absolute Gasteiger partial charge is 0.307 e. The lowest BCUT2D eigenvalue weighted by Gasteiger charge is -2.10. The van der Waals surface area contributed by atoms with Gasteiger partial charge in [0, 0.05) is 17.0 Å². The van der Waals surface area contributed by atoms with E-state index in [9.17, 15) is 4.79 Å². The van der Waals surface area contributed by atoms with Crippen LogP contribution in [-0.2, 0) is 11.2 Å². The number of halogens is 1. The molecule has 0 bridgehead atoms. The van der Waals surface area contributed by atoms with Gasteiger partial charge in [0.1, 0.15) is 17.2 Å². The predicted octanol–water partition coefficient (Wildman–Crippen LogP) is 2.31. The molecule has 1 N–H and O–H groups in total. The second kappa shape index (κ2) is 5.18. The Morgan fingerprint density at radius 3 is 2.89 bits per heavy atom. The lowest BCUT2D eigenvalue weighted by atomic mass is 10.1.